The summed E-state index contributed by atoms with van der Waals surface area (Å²) in [5, 5.41) is 11.0. The summed E-state index contributed by atoms with van der Waals surface area (Å²) < 4.78 is 54.3. The Hall–Kier alpha value is -3.32. The third-order valence-corrected chi connectivity index (χ3v) is 6.78. The molecule has 0 fully saturated rings. The fourth-order valence-electron chi connectivity index (χ4n) is 3.54. The molecule has 1 N–H and O–H groups in total. The van der Waals surface area contributed by atoms with Crippen LogP contribution in [0.3, 0.4) is 0 Å². The van der Waals surface area contributed by atoms with Gasteiger partial charge in [-0.3, -0.25) is 4.98 Å². The third kappa shape index (κ3) is 4.33. The predicted octanol–water partition coefficient (Wildman–Crippen LogP) is 4.80. The molecule has 0 amide bonds. The molecule has 0 radical (unpaired) electrons. The number of hydrogen-bond donors (Lipinski definition) is 1. The topological polar surface area (TPSA) is 87.8 Å². The molecule has 4 rings (SSSR count). The van der Waals surface area contributed by atoms with Gasteiger partial charge in [0, 0.05) is 22.3 Å². The average Bonchev–Trinajstić information content (AvgIpc) is 3.16. The number of rotatable bonds is 7. The Balaban J connectivity index is 1.89. The van der Waals surface area contributed by atoms with E-state index in [1.54, 1.807) is 18.2 Å². The molecule has 0 atom stereocenters. The molecule has 0 spiro atoms. The molecule has 168 valence electrons. The molecule has 0 saturated heterocycles. The Labute approximate surface area is 194 Å². The Morgan fingerprint density at radius 3 is 2.42 bits per heavy atom. The van der Waals surface area contributed by atoms with Gasteiger partial charge >= 0.3 is 0 Å². The van der Waals surface area contributed by atoms with Crippen LogP contribution in [0.5, 0.6) is 0 Å². The Morgan fingerprint density at radius 1 is 1.09 bits per heavy atom. The summed E-state index contributed by atoms with van der Waals surface area (Å²) in [6.45, 7) is -2.35. The Bertz CT molecular complexity index is 1450. The van der Waals surface area contributed by atoms with Crippen LogP contribution >= 0.6 is 11.6 Å². The van der Waals surface area contributed by atoms with E-state index in [1.807, 2.05) is 39.6 Å². The first-order chi connectivity index (χ1) is 15.9. The number of hydrogen-bond acceptors (Lipinski definition) is 4. The number of halogens is 3. The van der Waals surface area contributed by atoms with Gasteiger partial charge in [-0.25, -0.2) is 21.9 Å². The van der Waals surface area contributed by atoms with Gasteiger partial charge in [-0.2, -0.15) is 5.26 Å². The van der Waals surface area contributed by atoms with E-state index in [4.69, 9.17) is 11.6 Å². The number of nitriles is 1. The van der Waals surface area contributed by atoms with Gasteiger partial charge in [0.15, 0.2) is 0 Å². The number of alkyl halides is 2. The van der Waals surface area contributed by atoms with Crippen molar-refractivity contribution < 1.29 is 17.2 Å². The van der Waals surface area contributed by atoms with Gasteiger partial charge in [-0.15, -0.1) is 0 Å². The van der Waals surface area contributed by atoms with Crippen LogP contribution in [-0.2, 0) is 10.0 Å². The molecule has 0 unspecified atom stereocenters. The molecule has 2 aromatic heterocycles. The summed E-state index contributed by atoms with van der Waals surface area (Å²) in [5.74, 6) is 0. The zero-order valence-electron chi connectivity index (χ0n) is 17.0. The lowest BCUT2D eigenvalue weighted by atomic mass is 10.1. The van der Waals surface area contributed by atoms with E-state index >= 15 is 0 Å². The molecule has 0 aliphatic rings. The van der Waals surface area contributed by atoms with Crippen LogP contribution in [0.1, 0.15) is 5.56 Å². The summed E-state index contributed by atoms with van der Waals surface area (Å²) >= 11 is 6.18. The first-order valence-electron chi connectivity index (χ1n) is 9.79. The highest BCUT2D eigenvalue weighted by Crippen LogP contribution is 2.36. The lowest BCUT2D eigenvalue weighted by molar-refractivity contribution is 0.334. The van der Waals surface area contributed by atoms with Crippen molar-refractivity contribution in [2.45, 2.75) is 10.9 Å². The van der Waals surface area contributed by atoms with Crippen molar-refractivity contribution in [3.8, 4) is 23.1 Å². The molecular weight excluding hydrogens is 470 g/mol. The second kappa shape index (κ2) is 9.27. The van der Waals surface area contributed by atoms with Gasteiger partial charge in [0.05, 0.1) is 28.5 Å². The molecule has 6 nitrogen and oxygen atoms in total. The van der Waals surface area contributed by atoms with Crippen molar-refractivity contribution in [3.05, 3.63) is 77.4 Å². The third-order valence-electron chi connectivity index (χ3n) is 5.04. The van der Waals surface area contributed by atoms with Crippen molar-refractivity contribution in [3.63, 3.8) is 0 Å². The highest BCUT2D eigenvalue weighted by atomic mass is 35.5. The summed E-state index contributed by atoms with van der Waals surface area (Å²) in [4.78, 5) is 4.03. The maximum Gasteiger partial charge on any atom is 0.242 e. The fourth-order valence-corrected chi connectivity index (χ4v) is 4.85. The van der Waals surface area contributed by atoms with Crippen molar-refractivity contribution in [1.82, 2.24) is 14.3 Å². The van der Waals surface area contributed by atoms with Crippen molar-refractivity contribution in [2.75, 3.05) is 13.3 Å². The van der Waals surface area contributed by atoms with E-state index in [1.165, 1.54) is 12.1 Å². The van der Waals surface area contributed by atoms with Crippen molar-refractivity contribution in [2.24, 2.45) is 0 Å². The minimum absolute atomic E-state index is 0.248. The summed E-state index contributed by atoms with van der Waals surface area (Å²) in [7, 11) is -4.17. The molecule has 10 heteroatoms. The SMILES string of the molecule is N#Cc1c(-c2ccc(S(=O)(=O)NC(CF)CF)cn2)n(-c2ccccc2)c2ccc(Cl)cc12. The maximum absolute atomic E-state index is 12.8. The summed E-state index contributed by atoms with van der Waals surface area (Å²) in [6, 6.07) is 18.0. The normalized spacial score (nSPS) is 11.7. The Kier molecular flexibility index (Phi) is 6.42. The molecule has 4 aromatic rings. The van der Waals surface area contributed by atoms with Gasteiger partial charge in [-0.05, 0) is 42.5 Å². The first-order valence-corrected chi connectivity index (χ1v) is 11.7. The Morgan fingerprint density at radius 2 is 1.82 bits per heavy atom. The average molecular weight is 487 g/mol. The van der Waals surface area contributed by atoms with E-state index in [9.17, 15) is 22.5 Å². The van der Waals surface area contributed by atoms with Crippen LogP contribution in [0.25, 0.3) is 28.0 Å². The molecule has 0 aliphatic heterocycles. The molecule has 0 aliphatic carbocycles. The van der Waals surface area contributed by atoms with Crippen LogP contribution < -0.4 is 4.72 Å². The molecule has 0 bridgehead atoms. The van der Waals surface area contributed by atoms with E-state index in [2.05, 4.69) is 11.1 Å². The minimum Gasteiger partial charge on any atom is -0.307 e. The van der Waals surface area contributed by atoms with Gasteiger partial charge in [-0.1, -0.05) is 29.8 Å². The molecule has 33 heavy (non-hydrogen) atoms. The second-order valence-electron chi connectivity index (χ2n) is 7.17. The van der Waals surface area contributed by atoms with Crippen molar-refractivity contribution >= 4 is 32.5 Å². The molecule has 2 heterocycles. The second-order valence-corrected chi connectivity index (χ2v) is 9.32. The molecule has 0 saturated carbocycles. The summed E-state index contributed by atoms with van der Waals surface area (Å²) in [6.07, 6.45) is 1.09. The number of fused-ring (bicyclic) bond motifs is 1. The number of nitrogens with zero attached hydrogens (tertiary/aromatic N) is 3. The van der Waals surface area contributed by atoms with Crippen molar-refractivity contribution in [1.29, 1.82) is 5.26 Å². The number of benzene rings is 2. The highest BCUT2D eigenvalue weighted by Gasteiger charge is 2.24. The van der Waals surface area contributed by atoms with E-state index < -0.39 is 29.4 Å². The number of nitrogens with one attached hydrogen (secondary N) is 1. The number of sulfonamides is 1. The lowest BCUT2D eigenvalue weighted by Gasteiger charge is -2.13. The zero-order chi connectivity index (χ0) is 23.6. The largest absolute Gasteiger partial charge is 0.307 e. The first kappa shape index (κ1) is 22.9. The van der Waals surface area contributed by atoms with Crippen LogP contribution in [0, 0.1) is 11.3 Å². The molecule has 2 aromatic carbocycles. The summed E-state index contributed by atoms with van der Waals surface area (Å²) in [5.41, 5.74) is 2.63. The zero-order valence-corrected chi connectivity index (χ0v) is 18.6. The minimum atomic E-state index is -4.17. The van der Waals surface area contributed by atoms with E-state index in [0.717, 1.165) is 17.4 Å². The monoisotopic (exact) mass is 486 g/mol. The quantitative estimate of drug-likeness (QED) is 0.406. The van der Waals surface area contributed by atoms with Gasteiger partial charge < -0.3 is 4.57 Å². The van der Waals surface area contributed by atoms with Crippen LogP contribution in [0.4, 0.5) is 8.78 Å². The van der Waals surface area contributed by atoms with E-state index in [-0.39, 0.29) is 4.90 Å². The van der Waals surface area contributed by atoms with Crippen LogP contribution in [-0.4, -0.2) is 37.4 Å². The van der Waals surface area contributed by atoms with Crippen LogP contribution in [0.2, 0.25) is 5.02 Å². The van der Waals surface area contributed by atoms with Gasteiger partial charge in [0.25, 0.3) is 0 Å². The number of aromatic nitrogens is 2. The maximum atomic E-state index is 12.8. The lowest BCUT2D eigenvalue weighted by Crippen LogP contribution is -2.37. The van der Waals surface area contributed by atoms with Gasteiger partial charge in [0.1, 0.15) is 24.3 Å². The predicted molar refractivity (Wildman–Crippen MR) is 122 cm³/mol. The number of para-hydroxylation sites is 1. The number of pyridine rings is 1. The van der Waals surface area contributed by atoms with E-state index in [0.29, 0.717) is 27.4 Å². The fraction of sp³-hybridized carbons (Fsp3) is 0.130. The van der Waals surface area contributed by atoms with Gasteiger partial charge in [0.2, 0.25) is 10.0 Å². The molecular formula is C23H17ClF2N4O2S. The van der Waals surface area contributed by atoms with Crippen LogP contribution in [0.15, 0.2) is 71.8 Å². The smallest absolute Gasteiger partial charge is 0.242 e. The standard InChI is InChI=1S/C23H17ClF2N4O2S/c24-15-6-9-22-19(10-15)20(13-27)23(30(22)17-4-2-1-3-5-17)21-8-7-18(14-28-21)33(31,32)29-16(11-25)12-26/h1-10,14,16,29H,11-12H2. The highest BCUT2D eigenvalue weighted by molar-refractivity contribution is 7.89.